The molecule has 0 radical (unpaired) electrons. The fourth-order valence-electron chi connectivity index (χ4n) is 12.6. The Kier molecular flexibility index (Phi) is 30.4. The smallest absolute Gasteiger partial charge is 0.328 e. The summed E-state index contributed by atoms with van der Waals surface area (Å²) in [5, 5.41) is 25.2. The van der Waals surface area contributed by atoms with Gasteiger partial charge in [-0.3, -0.25) is 0 Å². The Morgan fingerprint density at radius 2 is 0.622 bits per heavy atom. The number of anilines is 8. The van der Waals surface area contributed by atoms with E-state index < -0.39 is 0 Å². The van der Waals surface area contributed by atoms with Crippen molar-refractivity contribution < 1.29 is 18.9 Å². The highest BCUT2D eigenvalue weighted by atomic mass is 16.5. The van der Waals surface area contributed by atoms with E-state index in [0.29, 0.717) is 72.1 Å². The first-order valence-electron chi connectivity index (χ1n) is 41.1. The second kappa shape index (κ2) is 41.4. The minimum absolute atomic E-state index is 0.0745. The molecule has 620 valence electrons. The van der Waals surface area contributed by atoms with Crippen molar-refractivity contribution in [3.8, 4) is 35.5 Å². The number of hydrogen-bond donors (Lipinski definition) is 6. The van der Waals surface area contributed by atoms with Crippen LogP contribution in [0.4, 0.5) is 47.1 Å². The van der Waals surface area contributed by atoms with Crippen molar-refractivity contribution in [3.05, 3.63) is 247 Å². The lowest BCUT2D eigenvalue weighted by Gasteiger charge is -2.26. The fourth-order valence-corrected chi connectivity index (χ4v) is 12.6. The number of benzene rings is 8. The van der Waals surface area contributed by atoms with E-state index in [4.69, 9.17) is 48.9 Å². The number of fused-ring (bicyclic) bond motifs is 2. The van der Waals surface area contributed by atoms with Crippen LogP contribution < -0.4 is 50.8 Å². The molecule has 2 fully saturated rings. The predicted octanol–water partition coefficient (Wildman–Crippen LogP) is 21.8. The van der Waals surface area contributed by atoms with Gasteiger partial charge in [-0.15, -0.1) is 9.97 Å². The molecule has 25 heteroatoms. The van der Waals surface area contributed by atoms with Crippen LogP contribution in [0.5, 0.6) is 35.5 Å². The van der Waals surface area contributed by atoms with Crippen LogP contribution in [0.1, 0.15) is 207 Å². The molecule has 0 atom stereocenters. The van der Waals surface area contributed by atoms with Gasteiger partial charge in [0.05, 0.1) is 14.2 Å². The second-order valence-electron chi connectivity index (χ2n) is 33.7. The Balaban J connectivity index is 0.000000149. The number of aromatic nitrogens is 15. The van der Waals surface area contributed by atoms with Gasteiger partial charge in [-0.2, -0.15) is 64.8 Å². The van der Waals surface area contributed by atoms with Crippen LogP contribution in [0.15, 0.2) is 206 Å². The third-order valence-corrected chi connectivity index (χ3v) is 19.1. The molecule has 13 aromatic rings. The normalized spacial score (nSPS) is 13.1. The summed E-state index contributed by atoms with van der Waals surface area (Å²) in [6.45, 7) is 30.5. The lowest BCUT2D eigenvalue weighted by molar-refractivity contribution is 0.329. The minimum Gasteiger partial charge on any atom is -0.467 e. The topological polar surface area (TPSA) is 302 Å². The van der Waals surface area contributed by atoms with Gasteiger partial charge in [-0.05, 0) is 84.0 Å². The standard InChI is InChI=1S/C27H25N5.C21H25N5.C19H33N5.C18H17N3O2.C9H15N3O2/c1-27(2,3)24-30-25(28-22-16-8-12-18-10-4-6-14-20(18)22)32-26(31-24)29-23-17-9-13-19-11-5-7-15-21(19)23;1-21(2,3)18-24-19(22-14-16-10-6-4-7-11-16)26-20(25-18)23-15-17-12-8-5-9-13-17;1-19(2,3)16-22-17(20-14-10-6-4-7-11-14)24-18(23-16)21-15-12-8-5-9-13-15;1-13(2)16-19-17(22-14-9-5-3-6-10-14)21-18(20-16)23-15-11-7-4-8-12-15;1-9(2,3)6-10-7(13-4)12-8(11-6)14-5/h4-17H,1-3H3,(H2,28,29,30,31,32);4-13H,14-15H2,1-3H3,(H2,22,23,24,25,26);14-15H,4-13H2,1-3H3,(H2,20,21,22,23,24);3-13H,1-2H3;1-5H3. The maximum Gasteiger partial charge on any atom is 0.328 e. The van der Waals surface area contributed by atoms with Crippen LogP contribution >= 0.6 is 0 Å². The molecular formula is C94H115N21O4. The van der Waals surface area contributed by atoms with Gasteiger partial charge in [0, 0.05) is 74.9 Å². The quantitative estimate of drug-likeness (QED) is 0.0389. The van der Waals surface area contributed by atoms with Crippen molar-refractivity contribution in [2.24, 2.45) is 0 Å². The molecule has 8 aromatic carbocycles. The van der Waals surface area contributed by atoms with Gasteiger partial charge >= 0.3 is 24.0 Å². The van der Waals surface area contributed by atoms with Crippen molar-refractivity contribution in [3.63, 3.8) is 0 Å². The molecule has 0 amide bonds. The summed E-state index contributed by atoms with van der Waals surface area (Å²) in [5.74, 6) is 8.80. The average molecular weight is 1600 g/mol. The molecule has 119 heavy (non-hydrogen) atoms. The highest BCUT2D eigenvalue weighted by molar-refractivity contribution is 5.96. The first kappa shape index (κ1) is 87.2. The molecule has 5 heterocycles. The van der Waals surface area contributed by atoms with Crippen molar-refractivity contribution in [2.75, 3.05) is 46.1 Å². The van der Waals surface area contributed by atoms with Crippen LogP contribution in [0.2, 0.25) is 0 Å². The fraction of sp³-hybridized carbons (Fsp3) is 0.372. The van der Waals surface area contributed by atoms with E-state index in [-0.39, 0.29) is 51.6 Å². The average Bonchev–Trinajstić information content (AvgIpc) is 0.797. The zero-order chi connectivity index (χ0) is 84.4. The molecule has 5 aromatic heterocycles. The van der Waals surface area contributed by atoms with Gasteiger partial charge in [0.1, 0.15) is 40.6 Å². The highest BCUT2D eigenvalue weighted by Crippen LogP contribution is 2.33. The van der Waals surface area contributed by atoms with Crippen LogP contribution in [-0.4, -0.2) is 101 Å². The monoisotopic (exact) mass is 1600 g/mol. The van der Waals surface area contributed by atoms with Crippen LogP contribution in [0.25, 0.3) is 21.5 Å². The molecule has 0 aliphatic heterocycles. The summed E-state index contributed by atoms with van der Waals surface area (Å²) >= 11 is 0. The highest BCUT2D eigenvalue weighted by Gasteiger charge is 2.27. The number of para-hydroxylation sites is 2. The molecule has 25 nitrogen and oxygen atoms in total. The van der Waals surface area contributed by atoms with Crippen molar-refractivity contribution in [1.82, 2.24) is 74.8 Å². The van der Waals surface area contributed by atoms with Crippen molar-refractivity contribution >= 4 is 68.6 Å². The molecule has 0 bridgehead atoms. The molecule has 2 saturated carbocycles. The summed E-state index contributed by atoms with van der Waals surface area (Å²) in [4.78, 5) is 67.2. The van der Waals surface area contributed by atoms with Crippen molar-refractivity contribution in [2.45, 2.75) is 214 Å². The lowest BCUT2D eigenvalue weighted by atomic mass is 9.95. The molecule has 0 saturated heterocycles. The maximum absolute atomic E-state index is 5.71. The Morgan fingerprint density at radius 1 is 0.311 bits per heavy atom. The Morgan fingerprint density at radius 3 is 0.992 bits per heavy atom. The van der Waals surface area contributed by atoms with Gasteiger partial charge in [0.15, 0.2) is 0 Å². The molecule has 0 spiro atoms. The summed E-state index contributed by atoms with van der Waals surface area (Å²) in [7, 11) is 3.03. The number of rotatable bonds is 21. The minimum atomic E-state index is -0.229. The van der Waals surface area contributed by atoms with E-state index >= 15 is 0 Å². The largest absolute Gasteiger partial charge is 0.467 e. The summed E-state index contributed by atoms with van der Waals surface area (Å²) in [6, 6.07) is 70.1. The number of nitrogens with one attached hydrogen (secondary N) is 6. The molecule has 2 aliphatic rings. The van der Waals surface area contributed by atoms with Crippen molar-refractivity contribution in [1.29, 1.82) is 0 Å². The van der Waals surface area contributed by atoms with Crippen LogP contribution in [0.3, 0.4) is 0 Å². The first-order valence-corrected chi connectivity index (χ1v) is 41.1. The third kappa shape index (κ3) is 27.2. The van der Waals surface area contributed by atoms with E-state index in [1.54, 1.807) is 0 Å². The van der Waals surface area contributed by atoms with Gasteiger partial charge in [0.25, 0.3) is 0 Å². The summed E-state index contributed by atoms with van der Waals surface area (Å²) in [6.07, 6.45) is 12.8. The Labute approximate surface area is 700 Å². The zero-order valence-corrected chi connectivity index (χ0v) is 71.7. The van der Waals surface area contributed by atoms with Gasteiger partial charge in [-0.25, -0.2) is 0 Å². The van der Waals surface area contributed by atoms with Gasteiger partial charge < -0.3 is 50.8 Å². The van der Waals surface area contributed by atoms with E-state index in [9.17, 15) is 0 Å². The number of hydrogen-bond acceptors (Lipinski definition) is 25. The lowest BCUT2D eigenvalue weighted by Crippen LogP contribution is -2.28. The van der Waals surface area contributed by atoms with E-state index in [1.165, 1.54) is 89.6 Å². The number of nitrogens with zero attached hydrogens (tertiary/aromatic N) is 15. The molecule has 0 unspecified atom stereocenters. The first-order chi connectivity index (χ1) is 57.2. The van der Waals surface area contributed by atoms with Crippen LogP contribution in [0, 0.1) is 0 Å². The maximum atomic E-state index is 5.71. The Bertz CT molecular complexity index is 5030. The third-order valence-electron chi connectivity index (χ3n) is 19.1. The predicted molar refractivity (Wildman–Crippen MR) is 477 cm³/mol. The molecular weight excluding hydrogens is 1490 g/mol. The number of ether oxygens (including phenoxy) is 4. The Hall–Kier alpha value is -12.7. The number of methoxy groups -OCH3 is 2. The molecule has 2 aliphatic carbocycles. The zero-order valence-electron chi connectivity index (χ0n) is 71.7. The second-order valence-corrected chi connectivity index (χ2v) is 33.7. The van der Waals surface area contributed by atoms with Gasteiger partial charge in [0.2, 0.25) is 35.7 Å². The SMILES string of the molecule is CC(C)(C)c1nc(NC2CCCCC2)nc(NC2CCCCC2)n1.CC(C)(C)c1nc(NCc2ccccc2)nc(NCc2ccccc2)n1.CC(C)(C)c1nc(Nc2cccc3ccccc23)nc(Nc2cccc3ccccc23)n1.CC(C)c1nc(Oc2ccccc2)nc(Oc2ccccc2)n1.COc1nc(OC)nc(C(C)(C)C)n1. The van der Waals surface area contributed by atoms with Crippen LogP contribution in [-0.2, 0) is 34.7 Å². The molecule has 6 N–H and O–H groups in total. The van der Waals surface area contributed by atoms with E-state index in [0.717, 1.165) is 62.3 Å². The van der Waals surface area contributed by atoms with Gasteiger partial charge in [-0.1, -0.05) is 305 Å². The summed E-state index contributed by atoms with van der Waals surface area (Å²) in [5.41, 5.74) is 3.68. The van der Waals surface area contributed by atoms with E-state index in [1.807, 2.05) is 180 Å². The summed E-state index contributed by atoms with van der Waals surface area (Å²) < 4.78 is 21.3. The molecule has 15 rings (SSSR count). The van der Waals surface area contributed by atoms with E-state index in [2.05, 4.69) is 200 Å².